The molecule has 1 fully saturated rings. The highest BCUT2D eigenvalue weighted by atomic mass is 32.2. The van der Waals surface area contributed by atoms with Gasteiger partial charge in [-0.1, -0.05) is 25.1 Å². The Hall–Kier alpha value is -1.04. The van der Waals surface area contributed by atoms with Crippen molar-refractivity contribution in [2.45, 2.75) is 64.2 Å². The number of amides is 1. The van der Waals surface area contributed by atoms with Gasteiger partial charge in [0.2, 0.25) is 5.91 Å². The molecule has 0 aliphatic heterocycles. The number of nitrogens with one attached hydrogen (secondary N) is 1. The normalized spacial score (nSPS) is 22.6. The van der Waals surface area contributed by atoms with Crippen molar-refractivity contribution in [3.05, 3.63) is 0 Å². The van der Waals surface area contributed by atoms with Gasteiger partial charge in [0.15, 0.2) is 5.12 Å². The summed E-state index contributed by atoms with van der Waals surface area (Å²) >= 11 is 1.31. The predicted molar refractivity (Wildman–Crippen MR) is 82.9 cm³/mol. The van der Waals surface area contributed by atoms with Gasteiger partial charge in [0.05, 0.1) is 6.61 Å². The second-order valence-corrected chi connectivity index (χ2v) is 6.97. The molecule has 3 atom stereocenters. The van der Waals surface area contributed by atoms with Crippen LogP contribution < -0.4 is 5.32 Å². The zero-order valence-electron chi connectivity index (χ0n) is 13.0. The molecule has 1 aliphatic carbocycles. The number of carbonyl (C=O) groups excluding carboxylic acids is 3. The summed E-state index contributed by atoms with van der Waals surface area (Å²) in [6.45, 7) is 5.61. The van der Waals surface area contributed by atoms with Crippen molar-refractivity contribution >= 4 is 28.8 Å². The fraction of sp³-hybridized carbons (Fsp3) is 0.800. The molecule has 0 aromatic heterocycles. The molecule has 0 saturated heterocycles. The molecule has 1 N–H and O–H groups in total. The Kier molecular flexibility index (Phi) is 7.78. The van der Waals surface area contributed by atoms with Crippen LogP contribution in [0.4, 0.5) is 0 Å². The van der Waals surface area contributed by atoms with E-state index in [4.69, 9.17) is 4.74 Å². The zero-order valence-corrected chi connectivity index (χ0v) is 13.8. The first-order chi connectivity index (χ1) is 9.93. The van der Waals surface area contributed by atoms with Crippen molar-refractivity contribution in [3.8, 4) is 0 Å². The third kappa shape index (κ3) is 6.50. The molecule has 0 bridgehead atoms. The van der Waals surface area contributed by atoms with Crippen LogP contribution in [-0.4, -0.2) is 34.9 Å². The van der Waals surface area contributed by atoms with Gasteiger partial charge in [-0.15, -0.1) is 0 Å². The van der Waals surface area contributed by atoms with Crippen molar-refractivity contribution in [2.75, 3.05) is 6.61 Å². The molecule has 0 aromatic rings. The van der Waals surface area contributed by atoms with Crippen molar-refractivity contribution in [1.82, 2.24) is 5.32 Å². The maximum atomic E-state index is 12.1. The molecular formula is C15H25NO4S. The van der Waals surface area contributed by atoms with E-state index >= 15 is 0 Å². The van der Waals surface area contributed by atoms with Crippen LogP contribution in [0.5, 0.6) is 0 Å². The van der Waals surface area contributed by atoms with Crippen LogP contribution in [0.2, 0.25) is 0 Å². The van der Waals surface area contributed by atoms with E-state index in [1.165, 1.54) is 11.8 Å². The molecule has 6 heteroatoms. The van der Waals surface area contributed by atoms with Crippen molar-refractivity contribution < 1.29 is 19.1 Å². The van der Waals surface area contributed by atoms with E-state index in [-0.39, 0.29) is 28.2 Å². The maximum absolute atomic E-state index is 12.1. The Morgan fingerprint density at radius 1 is 1.33 bits per heavy atom. The lowest BCUT2D eigenvalue weighted by Crippen LogP contribution is -2.42. The van der Waals surface area contributed by atoms with Gasteiger partial charge in [0.25, 0.3) is 0 Å². The lowest BCUT2D eigenvalue weighted by molar-refractivity contribution is -0.147. The van der Waals surface area contributed by atoms with Crippen LogP contribution in [0, 0.1) is 5.92 Å². The summed E-state index contributed by atoms with van der Waals surface area (Å²) in [4.78, 5) is 34.9. The number of carbonyl (C=O) groups is 3. The van der Waals surface area contributed by atoms with E-state index in [1.807, 2.05) is 6.92 Å². The van der Waals surface area contributed by atoms with Gasteiger partial charge in [0.1, 0.15) is 6.04 Å². The summed E-state index contributed by atoms with van der Waals surface area (Å²) in [5.74, 6) is -0.598. The monoisotopic (exact) mass is 315 g/mol. The van der Waals surface area contributed by atoms with Gasteiger partial charge in [0, 0.05) is 18.1 Å². The lowest BCUT2D eigenvalue weighted by Gasteiger charge is -2.16. The minimum atomic E-state index is -0.617. The summed E-state index contributed by atoms with van der Waals surface area (Å²) in [6.07, 6.45) is 4.14. The molecule has 21 heavy (non-hydrogen) atoms. The number of hydrogen-bond donors (Lipinski definition) is 1. The fourth-order valence-corrected chi connectivity index (χ4v) is 3.40. The van der Waals surface area contributed by atoms with Crippen LogP contribution in [0.3, 0.4) is 0 Å². The van der Waals surface area contributed by atoms with Gasteiger partial charge in [-0.25, -0.2) is 4.79 Å². The molecule has 120 valence electrons. The van der Waals surface area contributed by atoms with Gasteiger partial charge < -0.3 is 10.1 Å². The standard InChI is InChI=1S/C15H25NO4S/c1-4-5-8-20-15(19)10(2)16-14(18)12-6-7-13(9-12)21-11(3)17/h10,12-13H,4-9H2,1-3H3,(H,16,18)/t10-,12?,13?/m0/s1. The summed E-state index contributed by atoms with van der Waals surface area (Å²) in [5.41, 5.74) is 0. The maximum Gasteiger partial charge on any atom is 0.328 e. The van der Waals surface area contributed by atoms with Gasteiger partial charge in [-0.2, -0.15) is 0 Å². The minimum Gasteiger partial charge on any atom is -0.464 e. The smallest absolute Gasteiger partial charge is 0.328 e. The molecular weight excluding hydrogens is 290 g/mol. The van der Waals surface area contributed by atoms with E-state index in [0.29, 0.717) is 13.0 Å². The van der Waals surface area contributed by atoms with E-state index < -0.39 is 6.04 Å². The third-order valence-electron chi connectivity index (χ3n) is 3.54. The Morgan fingerprint density at radius 2 is 2.05 bits per heavy atom. The molecule has 1 aliphatic rings. The summed E-state index contributed by atoms with van der Waals surface area (Å²) < 4.78 is 5.08. The van der Waals surface area contributed by atoms with Crippen molar-refractivity contribution in [3.63, 3.8) is 0 Å². The summed E-state index contributed by atoms with van der Waals surface area (Å²) in [7, 11) is 0. The van der Waals surface area contributed by atoms with Gasteiger partial charge in [-0.05, 0) is 32.6 Å². The zero-order chi connectivity index (χ0) is 15.8. The Balaban J connectivity index is 2.32. The molecule has 5 nitrogen and oxygen atoms in total. The van der Waals surface area contributed by atoms with Crippen LogP contribution in [0.25, 0.3) is 0 Å². The highest BCUT2D eigenvalue weighted by Gasteiger charge is 2.32. The van der Waals surface area contributed by atoms with Crippen LogP contribution >= 0.6 is 11.8 Å². The number of unbranched alkanes of at least 4 members (excludes halogenated alkanes) is 1. The quantitative estimate of drug-likeness (QED) is 0.576. The number of esters is 1. The van der Waals surface area contributed by atoms with Gasteiger partial charge >= 0.3 is 5.97 Å². The third-order valence-corrected chi connectivity index (χ3v) is 4.64. The van der Waals surface area contributed by atoms with Crippen LogP contribution in [-0.2, 0) is 19.1 Å². The topological polar surface area (TPSA) is 72.5 Å². The Morgan fingerprint density at radius 3 is 2.67 bits per heavy atom. The first-order valence-electron chi connectivity index (χ1n) is 7.58. The molecule has 0 aromatic carbocycles. The number of ether oxygens (including phenoxy) is 1. The summed E-state index contributed by atoms with van der Waals surface area (Å²) in [6, 6.07) is -0.617. The fourth-order valence-electron chi connectivity index (χ4n) is 2.35. The first kappa shape index (κ1) is 18.0. The molecule has 0 radical (unpaired) electrons. The lowest BCUT2D eigenvalue weighted by atomic mass is 10.1. The largest absolute Gasteiger partial charge is 0.464 e. The summed E-state index contributed by atoms with van der Waals surface area (Å²) in [5, 5.41) is 3.03. The second kappa shape index (κ2) is 9.07. The van der Waals surface area contributed by atoms with Gasteiger partial charge in [-0.3, -0.25) is 9.59 Å². The Bertz CT molecular complexity index is 386. The average Bonchev–Trinajstić information content (AvgIpc) is 2.86. The number of thioether (sulfide) groups is 1. The second-order valence-electron chi connectivity index (χ2n) is 5.49. The van der Waals surface area contributed by atoms with Crippen molar-refractivity contribution in [2.24, 2.45) is 5.92 Å². The number of rotatable bonds is 7. The molecule has 0 spiro atoms. The number of hydrogen-bond acceptors (Lipinski definition) is 5. The average molecular weight is 315 g/mol. The molecule has 1 saturated carbocycles. The first-order valence-corrected chi connectivity index (χ1v) is 8.46. The molecule has 1 rings (SSSR count). The molecule has 1 amide bonds. The molecule has 2 unspecified atom stereocenters. The van der Waals surface area contributed by atoms with E-state index in [0.717, 1.165) is 25.7 Å². The van der Waals surface area contributed by atoms with E-state index in [1.54, 1.807) is 13.8 Å². The highest BCUT2D eigenvalue weighted by molar-refractivity contribution is 8.14. The van der Waals surface area contributed by atoms with Crippen LogP contribution in [0.15, 0.2) is 0 Å². The predicted octanol–water partition coefficient (Wildman–Crippen LogP) is 2.28. The Labute approximate surface area is 130 Å². The minimum absolute atomic E-state index is 0.0916. The SMILES string of the molecule is CCCCOC(=O)[C@H](C)NC(=O)C1CCC(SC(C)=O)C1. The van der Waals surface area contributed by atoms with Crippen molar-refractivity contribution in [1.29, 1.82) is 0 Å². The van der Waals surface area contributed by atoms with Crippen LogP contribution in [0.1, 0.15) is 52.9 Å². The molecule has 0 heterocycles. The highest BCUT2D eigenvalue weighted by Crippen LogP contribution is 2.34. The van der Waals surface area contributed by atoms with E-state index in [2.05, 4.69) is 5.32 Å². The van der Waals surface area contributed by atoms with E-state index in [9.17, 15) is 14.4 Å².